The van der Waals surface area contributed by atoms with Gasteiger partial charge in [-0.1, -0.05) is 24.3 Å². The van der Waals surface area contributed by atoms with Crippen molar-refractivity contribution in [1.29, 1.82) is 0 Å². The molecular weight excluding hydrogens is 590 g/mol. The summed E-state index contributed by atoms with van der Waals surface area (Å²) in [7, 11) is -3.61. The van der Waals surface area contributed by atoms with Crippen molar-refractivity contribution in [2.45, 2.75) is 24.7 Å². The molecule has 0 bridgehead atoms. The van der Waals surface area contributed by atoms with Gasteiger partial charge in [0.05, 0.1) is 41.5 Å². The third-order valence-corrected chi connectivity index (χ3v) is 7.13. The molecule has 0 radical (unpaired) electrons. The molecule has 2 heterocycles. The summed E-state index contributed by atoms with van der Waals surface area (Å²) in [5, 5.41) is 0. The van der Waals surface area contributed by atoms with E-state index in [4.69, 9.17) is 13.6 Å². The van der Waals surface area contributed by atoms with Crippen LogP contribution in [-0.4, -0.2) is 30.7 Å². The zero-order valence-corrected chi connectivity index (χ0v) is 22.3. The van der Waals surface area contributed by atoms with Crippen molar-refractivity contribution >= 4 is 34.1 Å². The fourth-order valence-corrected chi connectivity index (χ4v) is 4.59. The molecule has 42 heavy (non-hydrogen) atoms. The summed E-state index contributed by atoms with van der Waals surface area (Å²) in [4.78, 5) is 8.22. The zero-order chi connectivity index (χ0) is 30.4. The second-order valence-corrected chi connectivity index (χ2v) is 11.1. The van der Waals surface area contributed by atoms with E-state index < -0.39 is 39.1 Å². The van der Waals surface area contributed by atoms with Crippen molar-refractivity contribution in [1.82, 2.24) is 9.97 Å². The van der Waals surface area contributed by atoms with E-state index in [1.165, 1.54) is 61.1 Å². The van der Waals surface area contributed by atoms with Gasteiger partial charge >= 0.3 is 12.4 Å². The van der Waals surface area contributed by atoms with Crippen LogP contribution in [0.1, 0.15) is 45.4 Å². The lowest BCUT2D eigenvalue weighted by Gasteiger charge is -2.05. The molecule has 0 N–H and O–H groups in total. The SMILES string of the molecule is O=S(=O)(CCOCc1coc(/C=C/c2ccc(C(F)(F)F)cc2)n1)Cc1coc(/C=C/c2ccc(C(F)(F)F)cc2)n1. The summed E-state index contributed by atoms with van der Waals surface area (Å²) < 4.78 is 117. The van der Waals surface area contributed by atoms with Gasteiger partial charge in [-0.15, -0.1) is 0 Å². The summed E-state index contributed by atoms with van der Waals surface area (Å²) in [6.45, 7) is -0.166. The topological polar surface area (TPSA) is 95.4 Å². The van der Waals surface area contributed by atoms with Crippen LogP contribution in [0, 0.1) is 0 Å². The van der Waals surface area contributed by atoms with E-state index in [0.717, 1.165) is 24.3 Å². The van der Waals surface area contributed by atoms with Gasteiger partial charge in [0.2, 0.25) is 11.8 Å². The van der Waals surface area contributed by atoms with E-state index in [0.29, 0.717) is 16.8 Å². The molecule has 4 rings (SSSR count). The number of alkyl halides is 6. The Balaban J connectivity index is 1.21. The third kappa shape index (κ3) is 9.17. The lowest BCUT2D eigenvalue weighted by molar-refractivity contribution is -0.138. The Labute approximate surface area is 236 Å². The molecule has 0 fully saturated rings. The van der Waals surface area contributed by atoms with Gasteiger partial charge in [-0.2, -0.15) is 26.3 Å². The summed E-state index contributed by atoms with van der Waals surface area (Å²) in [6.07, 6.45) is -0.457. The van der Waals surface area contributed by atoms with Crippen LogP contribution in [0.15, 0.2) is 69.9 Å². The van der Waals surface area contributed by atoms with Crippen molar-refractivity contribution in [3.63, 3.8) is 0 Å². The Kier molecular flexibility index (Phi) is 9.36. The van der Waals surface area contributed by atoms with Gasteiger partial charge in [0, 0.05) is 12.2 Å². The van der Waals surface area contributed by atoms with Crippen molar-refractivity contribution in [2.24, 2.45) is 0 Å². The van der Waals surface area contributed by atoms with E-state index in [9.17, 15) is 34.8 Å². The van der Waals surface area contributed by atoms with Crippen LogP contribution >= 0.6 is 0 Å². The Hall–Kier alpha value is -4.17. The first-order valence-corrected chi connectivity index (χ1v) is 14.0. The second kappa shape index (κ2) is 12.8. The maximum atomic E-state index is 12.7. The van der Waals surface area contributed by atoms with E-state index in [2.05, 4.69) is 9.97 Å². The normalized spacial score (nSPS) is 13.0. The number of nitrogens with zero attached hydrogens (tertiary/aromatic N) is 2. The minimum Gasteiger partial charge on any atom is -0.445 e. The molecular formula is C28H22F6N2O5S. The Morgan fingerprint density at radius 2 is 1.14 bits per heavy atom. The van der Waals surface area contributed by atoms with E-state index in [1.807, 2.05) is 0 Å². The molecule has 7 nitrogen and oxygen atoms in total. The number of rotatable bonds is 11. The molecule has 4 aromatic rings. The minimum absolute atomic E-state index is 0.0318. The van der Waals surface area contributed by atoms with Gasteiger partial charge in [-0.25, -0.2) is 18.4 Å². The van der Waals surface area contributed by atoms with E-state index in [1.54, 1.807) is 0 Å². The Bertz CT molecular complexity index is 1640. The summed E-state index contributed by atoms with van der Waals surface area (Å²) in [5.74, 6) is -0.438. The zero-order valence-electron chi connectivity index (χ0n) is 21.5. The second-order valence-electron chi connectivity index (χ2n) is 8.90. The highest BCUT2D eigenvalue weighted by molar-refractivity contribution is 7.90. The molecule has 0 amide bonds. The van der Waals surface area contributed by atoms with Crippen molar-refractivity contribution < 1.29 is 48.3 Å². The smallest absolute Gasteiger partial charge is 0.416 e. The van der Waals surface area contributed by atoms with Crippen molar-refractivity contribution in [3.05, 3.63) is 106 Å². The molecule has 0 aliphatic heterocycles. The molecule has 0 saturated carbocycles. The lowest BCUT2D eigenvalue weighted by atomic mass is 10.1. The molecule has 14 heteroatoms. The molecule has 0 saturated heterocycles. The molecule has 0 atom stereocenters. The number of ether oxygens (including phenoxy) is 1. The Morgan fingerprint density at radius 1 is 0.690 bits per heavy atom. The lowest BCUT2D eigenvalue weighted by Crippen LogP contribution is -2.14. The van der Waals surface area contributed by atoms with Gasteiger partial charge in [0.15, 0.2) is 9.84 Å². The standard InChI is InChI=1S/C28H22F6N2O5S/c29-27(30,31)21-7-1-19(2-8-21)5-11-25-35-23(16-40-25)15-39-13-14-42(37,38)18-24-17-41-26(36-24)12-6-20-3-9-22(10-4-20)28(32,33)34/h1-12,16-17H,13-15,18H2/b11-5+,12-6+. The average Bonchev–Trinajstić information content (AvgIpc) is 3.57. The number of halogens is 6. The van der Waals surface area contributed by atoms with E-state index >= 15 is 0 Å². The number of hydrogen-bond acceptors (Lipinski definition) is 7. The van der Waals surface area contributed by atoms with Crippen LogP contribution in [0.25, 0.3) is 24.3 Å². The summed E-state index contributed by atoms with van der Waals surface area (Å²) in [5.41, 5.74) is 0.00372. The van der Waals surface area contributed by atoms with Gasteiger partial charge in [0.1, 0.15) is 18.2 Å². The predicted octanol–water partition coefficient (Wildman–Crippen LogP) is 7.17. The number of oxazole rings is 2. The monoisotopic (exact) mass is 612 g/mol. The van der Waals surface area contributed by atoms with Gasteiger partial charge in [-0.3, -0.25) is 0 Å². The van der Waals surface area contributed by atoms with Gasteiger partial charge < -0.3 is 13.6 Å². The molecule has 222 valence electrons. The highest BCUT2D eigenvalue weighted by Gasteiger charge is 2.30. The number of sulfone groups is 1. The van der Waals surface area contributed by atoms with E-state index in [-0.39, 0.29) is 36.4 Å². The minimum atomic E-state index is -4.43. The molecule has 0 aliphatic rings. The fourth-order valence-electron chi connectivity index (χ4n) is 3.49. The van der Waals surface area contributed by atoms with Crippen molar-refractivity contribution in [3.8, 4) is 0 Å². The fraction of sp³-hybridized carbons (Fsp3) is 0.214. The molecule has 2 aromatic carbocycles. The first-order valence-electron chi connectivity index (χ1n) is 12.1. The average molecular weight is 613 g/mol. The summed E-state index contributed by atoms with van der Waals surface area (Å²) >= 11 is 0. The molecule has 0 spiro atoms. The maximum Gasteiger partial charge on any atom is 0.416 e. The van der Waals surface area contributed by atoms with Crippen LogP contribution in [0.3, 0.4) is 0 Å². The first-order chi connectivity index (χ1) is 19.8. The largest absolute Gasteiger partial charge is 0.445 e. The molecule has 0 unspecified atom stereocenters. The number of benzene rings is 2. The predicted molar refractivity (Wildman–Crippen MR) is 141 cm³/mol. The van der Waals surface area contributed by atoms with Crippen LogP contribution in [0.2, 0.25) is 0 Å². The summed E-state index contributed by atoms with van der Waals surface area (Å²) in [6, 6.07) is 9.02. The maximum absolute atomic E-state index is 12.7. The third-order valence-electron chi connectivity index (χ3n) is 5.61. The first kappa shape index (κ1) is 30.8. The quantitative estimate of drug-likeness (QED) is 0.131. The van der Waals surface area contributed by atoms with Crippen LogP contribution in [-0.2, 0) is 39.3 Å². The van der Waals surface area contributed by atoms with Crippen LogP contribution in [0.5, 0.6) is 0 Å². The van der Waals surface area contributed by atoms with Crippen molar-refractivity contribution in [2.75, 3.05) is 12.4 Å². The molecule has 0 aliphatic carbocycles. The van der Waals surface area contributed by atoms with Crippen LogP contribution in [0.4, 0.5) is 26.3 Å². The number of aromatic nitrogens is 2. The Morgan fingerprint density at radius 3 is 1.62 bits per heavy atom. The highest BCUT2D eigenvalue weighted by Crippen LogP contribution is 2.30. The molecule has 2 aromatic heterocycles. The highest BCUT2D eigenvalue weighted by atomic mass is 32.2. The van der Waals surface area contributed by atoms with Crippen LogP contribution < -0.4 is 0 Å². The van der Waals surface area contributed by atoms with Gasteiger partial charge in [0.25, 0.3) is 0 Å². The number of hydrogen-bond donors (Lipinski definition) is 0. The van der Waals surface area contributed by atoms with Gasteiger partial charge in [-0.05, 0) is 47.5 Å².